The van der Waals surface area contributed by atoms with Gasteiger partial charge >= 0.3 is 5.97 Å². The van der Waals surface area contributed by atoms with Crippen LogP contribution in [-0.2, 0) is 35.3 Å². The molecule has 0 saturated carbocycles. The fourth-order valence-corrected chi connectivity index (χ4v) is 7.46. The molecule has 1 atom stereocenters. The highest BCUT2D eigenvalue weighted by atomic mass is 32.2. The Labute approximate surface area is 224 Å². The molecule has 1 aliphatic carbocycles. The third kappa shape index (κ3) is 5.92. The summed E-state index contributed by atoms with van der Waals surface area (Å²) in [6, 6.07) is 2.16. The Morgan fingerprint density at radius 2 is 2.19 bits per heavy atom. The van der Waals surface area contributed by atoms with Gasteiger partial charge in [0.05, 0.1) is 17.9 Å². The molecule has 0 radical (unpaired) electrons. The summed E-state index contributed by atoms with van der Waals surface area (Å²) in [7, 11) is 0. The van der Waals surface area contributed by atoms with E-state index < -0.39 is 0 Å². The molecule has 0 aliphatic heterocycles. The van der Waals surface area contributed by atoms with Crippen LogP contribution in [0.15, 0.2) is 29.3 Å². The first-order valence-corrected chi connectivity index (χ1v) is 15.0. The molecule has 10 heteroatoms. The average Bonchev–Trinajstić information content (AvgIpc) is 3.55. The monoisotopic (exact) mass is 544 g/mol. The Kier molecular flexibility index (Phi) is 9.03. The highest BCUT2D eigenvalue weighted by molar-refractivity contribution is 7.99. The quantitative estimate of drug-likeness (QED) is 0.175. The number of anilines is 1. The molecule has 0 fully saturated rings. The molecule has 0 saturated heterocycles. The molecule has 36 heavy (non-hydrogen) atoms. The predicted octanol–water partition coefficient (Wildman–Crippen LogP) is 6.24. The molecule has 0 bridgehead atoms. The summed E-state index contributed by atoms with van der Waals surface area (Å²) in [5, 5.41) is 15.1. The third-order valence-corrected chi connectivity index (χ3v) is 9.15. The second-order valence-electron chi connectivity index (χ2n) is 8.87. The molecule has 7 nitrogen and oxygen atoms in total. The standard InChI is InChI=1S/C26H32N4O3S3/c1-5-8-18-13-17(14-34-18)23-28-29-26(30(23)11-6-2)35-15-21(31)27-24-22(25(32)33-7-3)19-10-9-16(4)12-20(19)36-24/h6,13-14,16H,2,5,7-12,15H2,1,3-4H3,(H,27,31). The number of hydrogen-bond donors (Lipinski definition) is 1. The number of thiophene rings is 2. The van der Waals surface area contributed by atoms with E-state index in [1.165, 1.54) is 32.9 Å². The Bertz CT molecular complexity index is 1240. The molecule has 192 valence electrons. The van der Waals surface area contributed by atoms with E-state index >= 15 is 0 Å². The Morgan fingerprint density at radius 1 is 1.36 bits per heavy atom. The van der Waals surface area contributed by atoms with Crippen molar-refractivity contribution < 1.29 is 14.3 Å². The first-order chi connectivity index (χ1) is 17.4. The van der Waals surface area contributed by atoms with Gasteiger partial charge in [-0.1, -0.05) is 38.1 Å². The van der Waals surface area contributed by atoms with Crippen molar-refractivity contribution in [2.45, 2.75) is 64.6 Å². The number of nitrogens with one attached hydrogen (secondary N) is 1. The van der Waals surface area contributed by atoms with Gasteiger partial charge < -0.3 is 10.1 Å². The van der Waals surface area contributed by atoms with Gasteiger partial charge in [0.15, 0.2) is 11.0 Å². The maximum Gasteiger partial charge on any atom is 0.341 e. The maximum absolute atomic E-state index is 13.0. The van der Waals surface area contributed by atoms with Crippen LogP contribution >= 0.6 is 34.4 Å². The zero-order chi connectivity index (χ0) is 25.7. The van der Waals surface area contributed by atoms with Crippen LogP contribution in [0.5, 0.6) is 0 Å². The largest absolute Gasteiger partial charge is 0.462 e. The van der Waals surface area contributed by atoms with E-state index in [4.69, 9.17) is 4.74 Å². The van der Waals surface area contributed by atoms with Gasteiger partial charge in [-0.05, 0) is 50.2 Å². The predicted molar refractivity (Wildman–Crippen MR) is 148 cm³/mol. The molecule has 1 N–H and O–H groups in total. The van der Waals surface area contributed by atoms with Crippen molar-refractivity contribution in [3.8, 4) is 11.4 Å². The van der Waals surface area contributed by atoms with Crippen LogP contribution in [0.3, 0.4) is 0 Å². The van der Waals surface area contributed by atoms with Gasteiger partial charge in [0, 0.05) is 27.2 Å². The van der Waals surface area contributed by atoms with Crippen LogP contribution in [-0.4, -0.2) is 39.0 Å². The number of aromatic nitrogens is 3. The Balaban J connectivity index is 1.49. The lowest BCUT2D eigenvalue weighted by Gasteiger charge is -2.18. The molecule has 3 aromatic rings. The molecule has 3 heterocycles. The third-order valence-electron chi connectivity index (χ3n) is 6.01. The molecular weight excluding hydrogens is 513 g/mol. The topological polar surface area (TPSA) is 86.1 Å². The van der Waals surface area contributed by atoms with Crippen LogP contribution in [0.2, 0.25) is 0 Å². The van der Waals surface area contributed by atoms with E-state index in [1.54, 1.807) is 24.3 Å². The van der Waals surface area contributed by atoms with Gasteiger partial charge in [0.2, 0.25) is 5.91 Å². The molecule has 3 aromatic heterocycles. The highest BCUT2D eigenvalue weighted by Crippen LogP contribution is 2.40. The summed E-state index contributed by atoms with van der Waals surface area (Å²) >= 11 is 4.56. The molecule has 1 unspecified atom stereocenters. The van der Waals surface area contributed by atoms with E-state index in [0.29, 0.717) is 34.8 Å². The number of esters is 1. The average molecular weight is 545 g/mol. The van der Waals surface area contributed by atoms with Gasteiger partial charge in [-0.15, -0.1) is 39.4 Å². The fraction of sp³-hybridized carbons (Fsp3) is 0.462. The minimum Gasteiger partial charge on any atom is -0.462 e. The number of nitrogens with zero attached hydrogens (tertiary/aromatic N) is 3. The zero-order valence-electron chi connectivity index (χ0n) is 21.0. The van der Waals surface area contributed by atoms with Crippen LogP contribution in [0.25, 0.3) is 11.4 Å². The SMILES string of the molecule is C=CCn1c(SCC(=O)Nc2sc3c(c2C(=O)OCC)CCC(C)C3)nnc1-c1csc(CCC)c1. The van der Waals surface area contributed by atoms with Crippen molar-refractivity contribution >= 4 is 51.3 Å². The van der Waals surface area contributed by atoms with Crippen molar-refractivity contribution in [3.63, 3.8) is 0 Å². The molecule has 0 aromatic carbocycles. The number of carbonyl (C=O) groups excluding carboxylic acids is 2. The van der Waals surface area contributed by atoms with Crippen LogP contribution in [0.1, 0.15) is 59.3 Å². The lowest BCUT2D eigenvalue weighted by atomic mass is 9.88. The second kappa shape index (κ2) is 12.2. The maximum atomic E-state index is 13.0. The lowest BCUT2D eigenvalue weighted by Crippen LogP contribution is -2.18. The summed E-state index contributed by atoms with van der Waals surface area (Å²) in [5.41, 5.74) is 2.60. The zero-order valence-corrected chi connectivity index (χ0v) is 23.4. The number of fused-ring (bicyclic) bond motifs is 1. The minimum absolute atomic E-state index is 0.154. The van der Waals surface area contributed by atoms with E-state index in [1.807, 2.05) is 4.57 Å². The Morgan fingerprint density at radius 3 is 2.94 bits per heavy atom. The second-order valence-corrected chi connectivity index (χ2v) is 11.9. The van der Waals surface area contributed by atoms with Gasteiger partial charge in [-0.2, -0.15) is 0 Å². The molecule has 0 spiro atoms. The van der Waals surface area contributed by atoms with E-state index in [0.717, 1.165) is 49.1 Å². The fourth-order valence-electron chi connectivity index (χ4n) is 4.33. The lowest BCUT2D eigenvalue weighted by molar-refractivity contribution is -0.113. The molecular formula is C26H32N4O3S3. The van der Waals surface area contributed by atoms with Crippen LogP contribution in [0, 0.1) is 5.92 Å². The first kappa shape index (κ1) is 26.6. The van der Waals surface area contributed by atoms with Crippen LogP contribution in [0.4, 0.5) is 5.00 Å². The number of rotatable bonds is 11. The number of amides is 1. The Hall–Kier alpha value is -2.43. The van der Waals surface area contributed by atoms with E-state index in [2.05, 4.69) is 47.4 Å². The van der Waals surface area contributed by atoms with Crippen molar-refractivity contribution in [1.29, 1.82) is 0 Å². The number of thioether (sulfide) groups is 1. The minimum atomic E-state index is -0.360. The number of hydrogen-bond acceptors (Lipinski definition) is 8. The summed E-state index contributed by atoms with van der Waals surface area (Å²) < 4.78 is 7.30. The number of aryl methyl sites for hydroxylation is 1. The normalized spacial score (nSPS) is 14.9. The van der Waals surface area contributed by atoms with E-state index in [9.17, 15) is 9.59 Å². The van der Waals surface area contributed by atoms with Crippen LogP contribution < -0.4 is 5.32 Å². The van der Waals surface area contributed by atoms with Crippen molar-refractivity contribution in [1.82, 2.24) is 14.8 Å². The number of allylic oxidation sites excluding steroid dienone is 1. The van der Waals surface area contributed by atoms with Crippen molar-refractivity contribution in [3.05, 3.63) is 45.0 Å². The molecule has 4 rings (SSSR count). The van der Waals surface area contributed by atoms with Gasteiger partial charge in [0.25, 0.3) is 0 Å². The van der Waals surface area contributed by atoms with E-state index in [-0.39, 0.29) is 17.6 Å². The summed E-state index contributed by atoms with van der Waals surface area (Å²) in [5.74, 6) is 0.952. The molecule has 1 aliphatic rings. The summed E-state index contributed by atoms with van der Waals surface area (Å²) in [4.78, 5) is 28.2. The number of carbonyl (C=O) groups is 2. The van der Waals surface area contributed by atoms with Gasteiger partial charge in [-0.25, -0.2) is 4.79 Å². The number of ether oxygens (including phenoxy) is 1. The summed E-state index contributed by atoms with van der Waals surface area (Å²) in [6.07, 6.45) is 6.74. The van der Waals surface area contributed by atoms with Gasteiger partial charge in [0.1, 0.15) is 5.00 Å². The summed E-state index contributed by atoms with van der Waals surface area (Å²) in [6.45, 7) is 10.9. The molecule has 1 amide bonds. The highest BCUT2D eigenvalue weighted by Gasteiger charge is 2.29. The van der Waals surface area contributed by atoms with Gasteiger partial charge in [-0.3, -0.25) is 9.36 Å². The van der Waals surface area contributed by atoms with Crippen molar-refractivity contribution in [2.24, 2.45) is 5.92 Å². The smallest absolute Gasteiger partial charge is 0.341 e. The first-order valence-electron chi connectivity index (χ1n) is 12.3. The van der Waals surface area contributed by atoms with Crippen molar-refractivity contribution in [2.75, 3.05) is 17.7 Å².